The van der Waals surface area contributed by atoms with E-state index in [1.807, 2.05) is 18.2 Å². The highest BCUT2D eigenvalue weighted by Gasteiger charge is 2.30. The molecule has 0 saturated carbocycles. The summed E-state index contributed by atoms with van der Waals surface area (Å²) >= 11 is 0. The van der Waals surface area contributed by atoms with Crippen LogP contribution in [0.15, 0.2) is 91.6 Å². The Kier molecular flexibility index (Phi) is 6.95. The first-order valence-electron chi connectivity index (χ1n) is 10.6. The molecule has 6 nitrogen and oxygen atoms in total. The topological polar surface area (TPSA) is 78.9 Å². The molecule has 0 bridgehead atoms. The van der Waals surface area contributed by atoms with E-state index in [2.05, 4.69) is 32.5 Å². The quantitative estimate of drug-likeness (QED) is 0.193. The van der Waals surface area contributed by atoms with Crippen LogP contribution in [-0.2, 0) is 11.0 Å². The first-order valence-corrected chi connectivity index (χ1v) is 10.6. The smallest absolute Gasteiger partial charge is 0.337 e. The van der Waals surface area contributed by atoms with Gasteiger partial charge in [0, 0.05) is 23.1 Å². The summed E-state index contributed by atoms with van der Waals surface area (Å²) in [5, 5.41) is 8.44. The van der Waals surface area contributed by atoms with Gasteiger partial charge in [-0.05, 0) is 54.1 Å². The van der Waals surface area contributed by atoms with E-state index in [9.17, 15) is 22.4 Å². The molecule has 0 aliphatic heterocycles. The van der Waals surface area contributed by atoms with Gasteiger partial charge in [0.15, 0.2) is 0 Å². The van der Waals surface area contributed by atoms with Crippen molar-refractivity contribution < 1.29 is 22.4 Å². The monoisotopic (exact) mass is 493 g/mol. The van der Waals surface area contributed by atoms with Crippen LogP contribution >= 0.6 is 0 Å². The molecule has 0 spiro atoms. The van der Waals surface area contributed by atoms with Gasteiger partial charge < -0.3 is 16.0 Å². The van der Waals surface area contributed by atoms with Crippen molar-refractivity contribution in [2.24, 2.45) is 0 Å². The van der Waals surface area contributed by atoms with Crippen molar-refractivity contribution in [3.63, 3.8) is 0 Å². The summed E-state index contributed by atoms with van der Waals surface area (Å²) in [6.07, 6.45) is -1.99. The summed E-state index contributed by atoms with van der Waals surface area (Å²) in [6, 6.07) is 17.4. The lowest BCUT2D eigenvalue weighted by Crippen LogP contribution is -2.08. The van der Waals surface area contributed by atoms with Crippen LogP contribution in [0.4, 0.5) is 46.4 Å². The Morgan fingerprint density at radius 3 is 2.31 bits per heavy atom. The number of hydrogen-bond acceptors (Lipinski definition) is 5. The van der Waals surface area contributed by atoms with Crippen LogP contribution < -0.4 is 16.0 Å². The van der Waals surface area contributed by atoms with E-state index < -0.39 is 23.5 Å². The molecule has 0 aliphatic rings. The summed E-state index contributed by atoms with van der Waals surface area (Å²) in [4.78, 5) is 20.3. The summed E-state index contributed by atoms with van der Waals surface area (Å²) < 4.78 is 53.7. The molecule has 36 heavy (non-hydrogen) atoms. The Morgan fingerprint density at radius 1 is 0.917 bits per heavy atom. The molecular formula is C26H19F4N5O. The number of amides is 1. The third kappa shape index (κ3) is 5.84. The van der Waals surface area contributed by atoms with Crippen molar-refractivity contribution in [3.05, 3.63) is 103 Å². The number of benzene rings is 3. The lowest BCUT2D eigenvalue weighted by molar-refractivity contribution is -0.137. The predicted molar refractivity (Wildman–Crippen MR) is 131 cm³/mol. The number of para-hydroxylation sites is 1. The molecule has 182 valence electrons. The molecule has 0 aliphatic carbocycles. The maximum Gasteiger partial charge on any atom is 0.416 e. The number of nitrogens with zero attached hydrogens (tertiary/aromatic N) is 2. The minimum Gasteiger partial charge on any atom is -0.337 e. The van der Waals surface area contributed by atoms with E-state index in [1.54, 1.807) is 12.1 Å². The maximum atomic E-state index is 14.7. The van der Waals surface area contributed by atoms with Crippen LogP contribution in [0.25, 0.3) is 11.1 Å². The number of nitrogens with one attached hydrogen (secondary N) is 3. The highest BCUT2D eigenvalue weighted by molar-refractivity contribution is 5.99. The maximum absolute atomic E-state index is 14.7. The normalized spacial score (nSPS) is 11.0. The number of halogens is 4. The first kappa shape index (κ1) is 24.4. The summed E-state index contributed by atoms with van der Waals surface area (Å²) in [5.74, 6) is -0.805. The number of anilines is 5. The lowest BCUT2D eigenvalue weighted by Gasteiger charge is -2.15. The van der Waals surface area contributed by atoms with Gasteiger partial charge in [-0.15, -0.1) is 0 Å². The van der Waals surface area contributed by atoms with E-state index in [-0.39, 0.29) is 17.5 Å². The van der Waals surface area contributed by atoms with Gasteiger partial charge in [0.25, 0.3) is 0 Å². The van der Waals surface area contributed by atoms with Gasteiger partial charge in [-0.25, -0.2) is 9.37 Å². The van der Waals surface area contributed by atoms with Crippen LogP contribution in [0.3, 0.4) is 0 Å². The van der Waals surface area contributed by atoms with Crippen LogP contribution in [0.5, 0.6) is 0 Å². The fourth-order valence-corrected chi connectivity index (χ4v) is 3.26. The van der Waals surface area contributed by atoms with Crippen molar-refractivity contribution in [1.82, 2.24) is 9.97 Å². The van der Waals surface area contributed by atoms with Crippen molar-refractivity contribution in [2.75, 3.05) is 16.0 Å². The molecule has 0 atom stereocenters. The lowest BCUT2D eigenvalue weighted by atomic mass is 10.1. The van der Waals surface area contributed by atoms with Gasteiger partial charge in [0.05, 0.1) is 11.3 Å². The molecule has 1 aromatic heterocycles. The van der Waals surface area contributed by atoms with Gasteiger partial charge in [0.2, 0.25) is 11.9 Å². The van der Waals surface area contributed by atoms with Crippen LogP contribution in [-0.4, -0.2) is 15.9 Å². The average Bonchev–Trinajstić information content (AvgIpc) is 2.86. The molecule has 1 heterocycles. The number of alkyl halides is 3. The summed E-state index contributed by atoms with van der Waals surface area (Å²) in [7, 11) is 0. The third-order valence-electron chi connectivity index (χ3n) is 5.01. The number of carbonyl (C=O) groups excluding carboxylic acids is 1. The summed E-state index contributed by atoms with van der Waals surface area (Å²) in [6.45, 7) is 3.38. The predicted octanol–water partition coefficient (Wildman–Crippen LogP) is 6.91. The number of aromatic nitrogens is 2. The molecule has 4 rings (SSSR count). The van der Waals surface area contributed by atoms with E-state index in [1.165, 1.54) is 30.5 Å². The van der Waals surface area contributed by atoms with Gasteiger partial charge in [0.1, 0.15) is 11.6 Å². The highest BCUT2D eigenvalue weighted by Crippen LogP contribution is 2.34. The second kappa shape index (κ2) is 10.3. The average molecular weight is 493 g/mol. The second-order valence-corrected chi connectivity index (χ2v) is 7.54. The minimum atomic E-state index is -4.49. The zero-order valence-electron chi connectivity index (χ0n) is 18.6. The minimum absolute atomic E-state index is 0.0191. The number of carbonyl (C=O) groups is 1. The molecule has 4 aromatic rings. The molecule has 0 radical (unpaired) electrons. The first-order chi connectivity index (χ1) is 17.2. The summed E-state index contributed by atoms with van der Waals surface area (Å²) in [5.41, 5.74) is 0.897. The SMILES string of the molecule is C=CC(=O)Nc1ccc(F)c(Nc2nc(Nc3ccccc3)ncc2-c2ccc(C(F)(F)F)cc2)c1. The fraction of sp³-hybridized carbons (Fsp3) is 0.0385. The van der Waals surface area contributed by atoms with Crippen molar-refractivity contribution in [1.29, 1.82) is 0 Å². The fourth-order valence-electron chi connectivity index (χ4n) is 3.26. The Morgan fingerprint density at radius 2 is 1.64 bits per heavy atom. The molecule has 10 heteroatoms. The van der Waals surface area contributed by atoms with Gasteiger partial charge in [-0.2, -0.15) is 18.2 Å². The van der Waals surface area contributed by atoms with Crippen molar-refractivity contribution >= 4 is 34.7 Å². The molecule has 0 unspecified atom stereocenters. The van der Waals surface area contributed by atoms with E-state index in [0.717, 1.165) is 24.3 Å². The number of hydrogen-bond donors (Lipinski definition) is 3. The molecule has 3 aromatic carbocycles. The standard InChI is InChI=1S/C26H19F4N5O/c1-2-23(36)32-19-12-13-21(27)22(14-19)34-24-20(16-8-10-17(11-9-16)26(28,29)30)15-31-25(35-24)33-18-6-4-3-5-7-18/h2-15H,1H2,(H,32,36)(H2,31,33,34,35). The van der Waals surface area contributed by atoms with Gasteiger partial charge in [-0.3, -0.25) is 4.79 Å². The third-order valence-corrected chi connectivity index (χ3v) is 5.01. The largest absolute Gasteiger partial charge is 0.416 e. The zero-order valence-corrected chi connectivity index (χ0v) is 18.6. The molecule has 3 N–H and O–H groups in total. The zero-order chi connectivity index (χ0) is 25.7. The Labute approximate surface area is 203 Å². The van der Waals surface area contributed by atoms with E-state index in [0.29, 0.717) is 22.5 Å². The van der Waals surface area contributed by atoms with Gasteiger partial charge in [-0.1, -0.05) is 36.9 Å². The van der Waals surface area contributed by atoms with Crippen LogP contribution in [0.1, 0.15) is 5.56 Å². The highest BCUT2D eigenvalue weighted by atomic mass is 19.4. The van der Waals surface area contributed by atoms with Crippen molar-refractivity contribution in [2.45, 2.75) is 6.18 Å². The molecular weight excluding hydrogens is 474 g/mol. The second-order valence-electron chi connectivity index (χ2n) is 7.54. The van der Waals surface area contributed by atoms with Gasteiger partial charge >= 0.3 is 6.18 Å². The molecule has 1 amide bonds. The Bertz CT molecular complexity index is 1390. The number of rotatable bonds is 7. The van der Waals surface area contributed by atoms with Crippen molar-refractivity contribution in [3.8, 4) is 11.1 Å². The van der Waals surface area contributed by atoms with Crippen LogP contribution in [0, 0.1) is 5.82 Å². The Balaban J connectivity index is 1.74. The molecule has 0 saturated heterocycles. The van der Waals surface area contributed by atoms with Crippen LogP contribution in [0.2, 0.25) is 0 Å². The van der Waals surface area contributed by atoms with E-state index in [4.69, 9.17) is 0 Å². The van der Waals surface area contributed by atoms with E-state index >= 15 is 0 Å². The molecule has 0 fully saturated rings. The Hall–Kier alpha value is -4.73.